The molecule has 1 unspecified atom stereocenters. The normalized spacial score (nSPS) is 12.4. The minimum absolute atomic E-state index is 0.405. The molecule has 0 amide bonds. The molecule has 0 aliphatic rings. The highest BCUT2D eigenvalue weighted by molar-refractivity contribution is 5.38. The second kappa shape index (κ2) is 6.67. The van der Waals surface area contributed by atoms with E-state index in [0.29, 0.717) is 6.04 Å². The Labute approximate surface area is 122 Å². The van der Waals surface area contributed by atoms with Crippen molar-refractivity contribution in [2.75, 3.05) is 7.05 Å². The summed E-state index contributed by atoms with van der Waals surface area (Å²) in [6.07, 6.45) is 5.90. The molecule has 2 heteroatoms. The zero-order valence-electron chi connectivity index (χ0n) is 12.9. The molecule has 0 saturated heterocycles. The maximum absolute atomic E-state index is 4.07. The van der Waals surface area contributed by atoms with Gasteiger partial charge in [0.15, 0.2) is 0 Å². The van der Waals surface area contributed by atoms with Crippen LogP contribution >= 0.6 is 0 Å². The van der Waals surface area contributed by atoms with Crippen LogP contribution in [-0.2, 0) is 6.42 Å². The minimum atomic E-state index is 0.405. The van der Waals surface area contributed by atoms with Crippen molar-refractivity contribution in [1.82, 2.24) is 10.3 Å². The topological polar surface area (TPSA) is 24.9 Å². The van der Waals surface area contributed by atoms with E-state index in [1.54, 1.807) is 0 Å². The number of nitrogens with zero attached hydrogens (tertiary/aromatic N) is 1. The van der Waals surface area contributed by atoms with Crippen LogP contribution in [0.1, 0.15) is 40.3 Å². The van der Waals surface area contributed by atoms with Gasteiger partial charge in [-0.2, -0.15) is 0 Å². The fourth-order valence-electron chi connectivity index (χ4n) is 2.67. The number of hydrogen-bond donors (Lipinski definition) is 1. The number of aromatic nitrogens is 1. The van der Waals surface area contributed by atoms with Gasteiger partial charge in [0.1, 0.15) is 0 Å². The van der Waals surface area contributed by atoms with Crippen LogP contribution in [0.2, 0.25) is 0 Å². The fraction of sp³-hybridized carbons (Fsp3) is 0.389. The summed E-state index contributed by atoms with van der Waals surface area (Å²) < 4.78 is 0. The van der Waals surface area contributed by atoms with Gasteiger partial charge >= 0.3 is 0 Å². The second-order valence-electron chi connectivity index (χ2n) is 5.53. The van der Waals surface area contributed by atoms with Crippen LogP contribution < -0.4 is 5.32 Å². The smallest absolute Gasteiger partial charge is 0.0323 e. The van der Waals surface area contributed by atoms with Gasteiger partial charge in [-0.15, -0.1) is 0 Å². The summed E-state index contributed by atoms with van der Waals surface area (Å²) in [6.45, 7) is 6.57. The molecule has 0 bridgehead atoms. The number of hydrogen-bond acceptors (Lipinski definition) is 2. The molecule has 1 aromatic carbocycles. The Morgan fingerprint density at radius 1 is 1.00 bits per heavy atom. The average Bonchev–Trinajstić information content (AvgIpc) is 2.46. The zero-order valence-corrected chi connectivity index (χ0v) is 12.9. The molecule has 2 rings (SSSR count). The van der Waals surface area contributed by atoms with Gasteiger partial charge in [-0.3, -0.25) is 4.98 Å². The van der Waals surface area contributed by atoms with Gasteiger partial charge in [-0.05, 0) is 80.6 Å². The van der Waals surface area contributed by atoms with Crippen molar-refractivity contribution in [3.8, 4) is 0 Å². The lowest BCUT2D eigenvalue weighted by Crippen LogP contribution is -2.18. The average molecular weight is 268 g/mol. The first kappa shape index (κ1) is 14.7. The molecule has 0 saturated carbocycles. The summed E-state index contributed by atoms with van der Waals surface area (Å²) in [4.78, 5) is 4.07. The third-order valence-corrected chi connectivity index (χ3v) is 4.08. The molecule has 2 nitrogen and oxygen atoms in total. The molecular weight excluding hydrogens is 244 g/mol. The predicted octanol–water partition coefficient (Wildman–Crippen LogP) is 3.90. The lowest BCUT2D eigenvalue weighted by molar-refractivity contribution is 0.546. The number of nitrogens with one attached hydrogen (secondary N) is 1. The van der Waals surface area contributed by atoms with E-state index in [-0.39, 0.29) is 0 Å². The Bertz CT molecular complexity index is 561. The Kier molecular flexibility index (Phi) is 4.91. The van der Waals surface area contributed by atoms with Gasteiger partial charge in [0.2, 0.25) is 0 Å². The summed E-state index contributed by atoms with van der Waals surface area (Å²) in [5, 5.41) is 3.46. The maximum atomic E-state index is 4.07. The number of rotatable bonds is 5. The van der Waals surface area contributed by atoms with E-state index < -0.39 is 0 Å². The molecule has 0 aliphatic carbocycles. The first-order valence-electron chi connectivity index (χ1n) is 7.25. The van der Waals surface area contributed by atoms with Crippen molar-refractivity contribution in [2.45, 2.75) is 39.7 Å². The third kappa shape index (κ3) is 3.45. The van der Waals surface area contributed by atoms with Gasteiger partial charge in [-0.1, -0.05) is 12.1 Å². The number of pyridine rings is 1. The molecule has 0 spiro atoms. The van der Waals surface area contributed by atoms with Crippen molar-refractivity contribution >= 4 is 0 Å². The van der Waals surface area contributed by atoms with Crippen molar-refractivity contribution in [2.24, 2.45) is 0 Å². The summed E-state index contributed by atoms with van der Waals surface area (Å²) in [5.41, 5.74) is 6.89. The SMILES string of the molecule is CNC(CCc1ccncc1)c1cc(C)c(C)cc1C. The molecule has 0 fully saturated rings. The highest BCUT2D eigenvalue weighted by atomic mass is 14.9. The monoisotopic (exact) mass is 268 g/mol. The molecule has 1 N–H and O–H groups in total. The third-order valence-electron chi connectivity index (χ3n) is 4.08. The maximum Gasteiger partial charge on any atom is 0.0323 e. The Hall–Kier alpha value is -1.67. The highest BCUT2D eigenvalue weighted by Crippen LogP contribution is 2.25. The van der Waals surface area contributed by atoms with Crippen LogP contribution in [0, 0.1) is 20.8 Å². The largest absolute Gasteiger partial charge is 0.313 e. The summed E-state index contributed by atoms with van der Waals surface area (Å²) in [7, 11) is 2.05. The molecule has 106 valence electrons. The molecule has 20 heavy (non-hydrogen) atoms. The molecule has 2 aromatic rings. The molecule has 1 heterocycles. The van der Waals surface area contributed by atoms with E-state index in [1.165, 1.54) is 27.8 Å². The van der Waals surface area contributed by atoms with E-state index in [1.807, 2.05) is 19.4 Å². The van der Waals surface area contributed by atoms with Gasteiger partial charge in [0, 0.05) is 18.4 Å². The lowest BCUT2D eigenvalue weighted by Gasteiger charge is -2.20. The predicted molar refractivity (Wildman–Crippen MR) is 85.0 cm³/mol. The van der Waals surface area contributed by atoms with Crippen LogP contribution in [0.25, 0.3) is 0 Å². The minimum Gasteiger partial charge on any atom is -0.313 e. The van der Waals surface area contributed by atoms with Gasteiger partial charge in [0.05, 0.1) is 0 Å². The molecule has 1 aromatic heterocycles. The lowest BCUT2D eigenvalue weighted by atomic mass is 9.92. The highest BCUT2D eigenvalue weighted by Gasteiger charge is 2.13. The van der Waals surface area contributed by atoms with E-state index in [9.17, 15) is 0 Å². The Morgan fingerprint density at radius 3 is 2.30 bits per heavy atom. The van der Waals surface area contributed by atoms with E-state index in [0.717, 1.165) is 12.8 Å². The van der Waals surface area contributed by atoms with Crippen LogP contribution in [-0.4, -0.2) is 12.0 Å². The summed E-state index contributed by atoms with van der Waals surface area (Å²) in [5.74, 6) is 0. The van der Waals surface area contributed by atoms with Crippen molar-refractivity contribution in [3.05, 3.63) is 64.5 Å². The number of benzene rings is 1. The molecule has 0 radical (unpaired) electrons. The zero-order chi connectivity index (χ0) is 14.5. The van der Waals surface area contributed by atoms with E-state index in [2.05, 4.69) is 55.3 Å². The van der Waals surface area contributed by atoms with Crippen molar-refractivity contribution in [3.63, 3.8) is 0 Å². The number of aryl methyl sites for hydroxylation is 4. The van der Waals surface area contributed by atoms with Gasteiger partial charge < -0.3 is 5.32 Å². The summed E-state index contributed by atoms with van der Waals surface area (Å²) >= 11 is 0. The Morgan fingerprint density at radius 2 is 1.65 bits per heavy atom. The van der Waals surface area contributed by atoms with Crippen molar-refractivity contribution in [1.29, 1.82) is 0 Å². The molecule has 1 atom stereocenters. The van der Waals surface area contributed by atoms with Crippen LogP contribution in [0.15, 0.2) is 36.7 Å². The Balaban J connectivity index is 2.14. The van der Waals surface area contributed by atoms with E-state index >= 15 is 0 Å². The first-order chi connectivity index (χ1) is 9.61. The molecular formula is C18H24N2. The van der Waals surface area contributed by atoms with E-state index in [4.69, 9.17) is 0 Å². The van der Waals surface area contributed by atoms with Crippen LogP contribution in [0.3, 0.4) is 0 Å². The van der Waals surface area contributed by atoms with Gasteiger partial charge in [-0.25, -0.2) is 0 Å². The van der Waals surface area contributed by atoms with Crippen molar-refractivity contribution < 1.29 is 0 Å². The quantitative estimate of drug-likeness (QED) is 0.889. The van der Waals surface area contributed by atoms with Crippen LogP contribution in [0.4, 0.5) is 0 Å². The fourth-order valence-corrected chi connectivity index (χ4v) is 2.67. The summed E-state index contributed by atoms with van der Waals surface area (Å²) in [6, 6.07) is 9.22. The first-order valence-corrected chi connectivity index (χ1v) is 7.25. The van der Waals surface area contributed by atoms with Gasteiger partial charge in [0.25, 0.3) is 0 Å². The van der Waals surface area contributed by atoms with Crippen LogP contribution in [0.5, 0.6) is 0 Å². The molecule has 0 aliphatic heterocycles. The standard InChI is InChI=1S/C18H24N2/c1-13-11-15(3)17(12-14(13)2)18(19-4)6-5-16-7-9-20-10-8-16/h7-12,18-19H,5-6H2,1-4H3. The second-order valence-corrected chi connectivity index (χ2v) is 5.53.